The molecule has 1 aliphatic heterocycles. The second kappa shape index (κ2) is 4.42. The number of aliphatic hydroxyl groups excluding tert-OH is 1. The summed E-state index contributed by atoms with van der Waals surface area (Å²) >= 11 is 3.33. The Hall–Kier alpha value is -0.720. The van der Waals surface area contributed by atoms with E-state index in [1.807, 2.05) is 6.92 Å². The van der Waals surface area contributed by atoms with Gasteiger partial charge in [-0.05, 0) is 22.9 Å². The maximum Gasteiger partial charge on any atom is 0.223 e. The number of aromatic nitrogens is 2. The quantitative estimate of drug-likeness (QED) is 0.831. The van der Waals surface area contributed by atoms with Gasteiger partial charge in [-0.25, -0.2) is 9.97 Å². The first-order chi connectivity index (χ1) is 7.16. The number of hydrogen-bond donors (Lipinski definition) is 2. The summed E-state index contributed by atoms with van der Waals surface area (Å²) in [4.78, 5) is 8.34. The number of rotatable bonds is 2. The molecule has 0 radical (unpaired) electrons. The molecule has 0 spiro atoms. The summed E-state index contributed by atoms with van der Waals surface area (Å²) in [5.41, 5.74) is 0.862. The van der Waals surface area contributed by atoms with Crippen molar-refractivity contribution >= 4 is 21.9 Å². The van der Waals surface area contributed by atoms with Crippen LogP contribution in [0.4, 0.5) is 5.95 Å². The summed E-state index contributed by atoms with van der Waals surface area (Å²) in [6.07, 6.45) is 1.20. The van der Waals surface area contributed by atoms with E-state index in [1.54, 1.807) is 6.20 Å². The van der Waals surface area contributed by atoms with Crippen molar-refractivity contribution in [2.75, 3.05) is 18.5 Å². The van der Waals surface area contributed by atoms with E-state index in [-0.39, 0.29) is 6.04 Å². The van der Waals surface area contributed by atoms with Crippen LogP contribution >= 0.6 is 15.9 Å². The van der Waals surface area contributed by atoms with Crippen LogP contribution in [0.15, 0.2) is 10.7 Å². The van der Waals surface area contributed by atoms with Gasteiger partial charge in [0, 0.05) is 6.20 Å². The van der Waals surface area contributed by atoms with E-state index in [0.717, 1.165) is 10.2 Å². The molecule has 1 aromatic heterocycles. The number of aliphatic hydroxyl groups is 1. The number of nitrogens with zero attached hydrogens (tertiary/aromatic N) is 2. The van der Waals surface area contributed by atoms with E-state index in [9.17, 15) is 5.11 Å². The van der Waals surface area contributed by atoms with E-state index < -0.39 is 6.10 Å². The van der Waals surface area contributed by atoms with E-state index in [4.69, 9.17) is 4.74 Å². The Kier molecular flexibility index (Phi) is 3.18. The third kappa shape index (κ3) is 2.45. The largest absolute Gasteiger partial charge is 0.388 e. The second-order valence-corrected chi connectivity index (χ2v) is 4.34. The average molecular weight is 274 g/mol. The van der Waals surface area contributed by atoms with Crippen LogP contribution in [-0.2, 0) is 4.74 Å². The lowest BCUT2D eigenvalue weighted by Gasteiger charge is -2.14. The zero-order chi connectivity index (χ0) is 10.8. The Morgan fingerprint density at radius 3 is 3.00 bits per heavy atom. The van der Waals surface area contributed by atoms with Crippen LogP contribution in [0.5, 0.6) is 0 Å². The minimum atomic E-state index is -0.488. The summed E-state index contributed by atoms with van der Waals surface area (Å²) in [6, 6.07) is -0.120. The highest BCUT2D eigenvalue weighted by Gasteiger charge is 2.26. The third-order valence-corrected chi connectivity index (χ3v) is 3.06. The lowest BCUT2D eigenvalue weighted by atomic mass is 10.2. The van der Waals surface area contributed by atoms with Crippen molar-refractivity contribution in [3.05, 3.63) is 16.4 Å². The van der Waals surface area contributed by atoms with Crippen LogP contribution in [-0.4, -0.2) is 40.4 Å². The van der Waals surface area contributed by atoms with Crippen LogP contribution in [0.3, 0.4) is 0 Å². The van der Waals surface area contributed by atoms with Gasteiger partial charge >= 0.3 is 0 Å². The molecule has 15 heavy (non-hydrogen) atoms. The highest BCUT2D eigenvalue weighted by Crippen LogP contribution is 2.15. The highest BCUT2D eigenvalue weighted by atomic mass is 79.9. The maximum absolute atomic E-state index is 9.52. The summed E-state index contributed by atoms with van der Waals surface area (Å²) < 4.78 is 5.99. The predicted octanol–water partition coefficient (Wildman–Crippen LogP) is 0.719. The first-order valence-electron chi connectivity index (χ1n) is 4.68. The van der Waals surface area contributed by atoms with Gasteiger partial charge in [0.25, 0.3) is 0 Å². The van der Waals surface area contributed by atoms with Crippen LogP contribution in [0.1, 0.15) is 5.69 Å². The molecule has 0 aromatic carbocycles. The van der Waals surface area contributed by atoms with Crippen LogP contribution in [0, 0.1) is 6.92 Å². The van der Waals surface area contributed by atoms with Gasteiger partial charge in [0.1, 0.15) is 0 Å². The fourth-order valence-electron chi connectivity index (χ4n) is 1.37. The molecule has 2 N–H and O–H groups in total. The van der Waals surface area contributed by atoms with Crippen molar-refractivity contribution in [2.24, 2.45) is 0 Å². The zero-order valence-electron chi connectivity index (χ0n) is 8.27. The lowest BCUT2D eigenvalue weighted by molar-refractivity contribution is 0.125. The maximum atomic E-state index is 9.52. The van der Waals surface area contributed by atoms with Crippen molar-refractivity contribution in [1.29, 1.82) is 0 Å². The number of halogens is 1. The van der Waals surface area contributed by atoms with Gasteiger partial charge in [-0.15, -0.1) is 0 Å². The molecule has 6 heteroatoms. The Morgan fingerprint density at radius 2 is 2.40 bits per heavy atom. The molecule has 0 unspecified atom stereocenters. The average Bonchev–Trinajstić information content (AvgIpc) is 2.59. The lowest BCUT2D eigenvalue weighted by Crippen LogP contribution is -2.32. The fraction of sp³-hybridized carbons (Fsp3) is 0.556. The summed E-state index contributed by atoms with van der Waals surface area (Å²) in [5.74, 6) is 0.519. The first kappa shape index (κ1) is 10.8. The molecule has 1 fully saturated rings. The Bertz CT molecular complexity index is 361. The van der Waals surface area contributed by atoms with E-state index in [1.165, 1.54) is 0 Å². The molecule has 0 bridgehead atoms. The minimum Gasteiger partial charge on any atom is -0.388 e. The van der Waals surface area contributed by atoms with Gasteiger partial charge in [0.2, 0.25) is 5.95 Å². The predicted molar refractivity (Wildman–Crippen MR) is 58.7 cm³/mol. The van der Waals surface area contributed by atoms with Crippen molar-refractivity contribution in [2.45, 2.75) is 19.1 Å². The molecule has 1 aliphatic rings. The molecule has 0 amide bonds. The van der Waals surface area contributed by atoms with Crippen molar-refractivity contribution in [3.8, 4) is 0 Å². The second-order valence-electron chi connectivity index (χ2n) is 3.48. The van der Waals surface area contributed by atoms with Gasteiger partial charge < -0.3 is 15.2 Å². The van der Waals surface area contributed by atoms with Crippen molar-refractivity contribution < 1.29 is 9.84 Å². The third-order valence-electron chi connectivity index (χ3n) is 2.28. The molecule has 1 saturated heterocycles. The number of anilines is 1. The van der Waals surface area contributed by atoms with E-state index in [2.05, 4.69) is 31.2 Å². The van der Waals surface area contributed by atoms with Gasteiger partial charge in [0.05, 0.1) is 35.5 Å². The smallest absolute Gasteiger partial charge is 0.223 e. The number of aryl methyl sites for hydroxylation is 1. The Morgan fingerprint density at radius 1 is 1.60 bits per heavy atom. The van der Waals surface area contributed by atoms with Crippen LogP contribution in [0.25, 0.3) is 0 Å². The van der Waals surface area contributed by atoms with Gasteiger partial charge in [-0.2, -0.15) is 0 Å². The molecular formula is C9H12BrN3O2. The standard InChI is InChI=1S/C9H12BrN3O2/c1-5-6(10)2-11-9(12-5)13-7-3-15-4-8(7)14/h2,7-8,14H,3-4H2,1H3,(H,11,12,13)/t7-,8-/m1/s1. The molecular weight excluding hydrogens is 262 g/mol. The monoisotopic (exact) mass is 273 g/mol. The molecule has 2 rings (SSSR count). The minimum absolute atomic E-state index is 0.120. The topological polar surface area (TPSA) is 67.3 Å². The molecule has 0 aliphatic carbocycles. The van der Waals surface area contributed by atoms with E-state index in [0.29, 0.717) is 19.2 Å². The Balaban J connectivity index is 2.07. The summed E-state index contributed by atoms with van der Waals surface area (Å²) in [6.45, 7) is 2.74. The summed E-state index contributed by atoms with van der Waals surface area (Å²) in [5, 5.41) is 12.6. The number of nitrogens with one attached hydrogen (secondary N) is 1. The summed E-state index contributed by atoms with van der Waals surface area (Å²) in [7, 11) is 0. The SMILES string of the molecule is Cc1nc(N[C@@H]2COC[C@H]2O)ncc1Br. The number of ether oxygens (including phenoxy) is 1. The van der Waals surface area contributed by atoms with Gasteiger partial charge in [0.15, 0.2) is 0 Å². The molecule has 5 nitrogen and oxygen atoms in total. The molecule has 0 saturated carbocycles. The number of hydrogen-bond acceptors (Lipinski definition) is 5. The van der Waals surface area contributed by atoms with Crippen molar-refractivity contribution in [1.82, 2.24) is 9.97 Å². The molecule has 2 heterocycles. The van der Waals surface area contributed by atoms with Crippen molar-refractivity contribution in [3.63, 3.8) is 0 Å². The normalized spacial score (nSPS) is 25.5. The zero-order valence-corrected chi connectivity index (χ0v) is 9.86. The first-order valence-corrected chi connectivity index (χ1v) is 5.47. The van der Waals surface area contributed by atoms with Crippen LogP contribution < -0.4 is 5.32 Å². The molecule has 1 aromatic rings. The fourth-order valence-corrected chi connectivity index (χ4v) is 1.56. The van der Waals surface area contributed by atoms with Gasteiger partial charge in [-0.1, -0.05) is 0 Å². The molecule has 2 atom stereocenters. The van der Waals surface area contributed by atoms with E-state index >= 15 is 0 Å². The van der Waals surface area contributed by atoms with Crippen LogP contribution in [0.2, 0.25) is 0 Å². The highest BCUT2D eigenvalue weighted by molar-refractivity contribution is 9.10. The Labute approximate surface area is 96.0 Å². The molecule has 82 valence electrons. The van der Waals surface area contributed by atoms with Gasteiger partial charge in [-0.3, -0.25) is 0 Å².